The van der Waals surface area contributed by atoms with Crippen LogP contribution in [0.4, 0.5) is 0 Å². The second-order valence-electron chi connectivity index (χ2n) is 12.3. The van der Waals surface area contributed by atoms with E-state index in [1.165, 1.54) is 6.92 Å². The Balaban J connectivity index is 1.48. The first-order valence-electron chi connectivity index (χ1n) is 12.7. The predicted octanol–water partition coefficient (Wildman–Crippen LogP) is 4.02. The zero-order valence-electron chi connectivity index (χ0n) is 20.3. The number of aliphatic hydroxyl groups is 1. The van der Waals surface area contributed by atoms with Gasteiger partial charge in [0.15, 0.2) is 18.0 Å². The normalized spacial score (nSPS) is 51.2. The van der Waals surface area contributed by atoms with Crippen molar-refractivity contribution >= 4 is 11.8 Å². The van der Waals surface area contributed by atoms with Crippen LogP contribution < -0.4 is 0 Å². The summed E-state index contributed by atoms with van der Waals surface area (Å²) in [5.74, 6) is 0.705. The Bertz CT molecular complexity index is 808. The van der Waals surface area contributed by atoms with Crippen LogP contribution in [0.15, 0.2) is 0 Å². The predicted molar refractivity (Wildman–Crippen MR) is 118 cm³/mol. The Labute approximate surface area is 191 Å². The molecule has 0 aromatic heterocycles. The zero-order chi connectivity index (χ0) is 23.1. The number of aliphatic hydroxyl groups excluding tert-OH is 1. The lowest BCUT2D eigenvalue weighted by atomic mass is 9.44. The molecule has 4 saturated carbocycles. The molecule has 9 unspecified atom stereocenters. The summed E-state index contributed by atoms with van der Waals surface area (Å²) in [6.07, 6.45) is 7.66. The van der Waals surface area contributed by atoms with Crippen molar-refractivity contribution < 1.29 is 28.9 Å². The summed E-state index contributed by atoms with van der Waals surface area (Å²) >= 11 is 0. The van der Waals surface area contributed by atoms with Crippen LogP contribution in [0.5, 0.6) is 0 Å². The number of esters is 1. The SMILES string of the molecule is CC(=O)OCC(=O)C12OC(C)(C)OC1CC1C3CCC4CC(O)CCC4(C)C3CCC12C. The van der Waals surface area contributed by atoms with Gasteiger partial charge in [-0.25, -0.2) is 0 Å². The lowest BCUT2D eigenvalue weighted by Gasteiger charge is -2.61. The highest BCUT2D eigenvalue weighted by Crippen LogP contribution is 2.71. The number of ether oxygens (including phenoxy) is 3. The maximum atomic E-state index is 13.7. The minimum absolute atomic E-state index is 0.143. The van der Waals surface area contributed by atoms with E-state index >= 15 is 0 Å². The van der Waals surface area contributed by atoms with E-state index in [1.807, 2.05) is 13.8 Å². The molecular formula is C26H40O6. The first kappa shape index (κ1) is 22.8. The van der Waals surface area contributed by atoms with Gasteiger partial charge in [0, 0.05) is 12.3 Å². The van der Waals surface area contributed by atoms with E-state index in [4.69, 9.17) is 14.2 Å². The van der Waals surface area contributed by atoms with Gasteiger partial charge in [0.25, 0.3) is 0 Å². The van der Waals surface area contributed by atoms with Crippen molar-refractivity contribution in [1.82, 2.24) is 0 Å². The van der Waals surface area contributed by atoms with E-state index in [0.29, 0.717) is 23.7 Å². The molecule has 0 amide bonds. The molecule has 1 saturated heterocycles. The van der Waals surface area contributed by atoms with Crippen LogP contribution in [0.3, 0.4) is 0 Å². The fourth-order valence-electron chi connectivity index (χ4n) is 9.11. The third kappa shape index (κ3) is 3.01. The van der Waals surface area contributed by atoms with Gasteiger partial charge >= 0.3 is 5.97 Å². The maximum Gasteiger partial charge on any atom is 0.303 e. The summed E-state index contributed by atoms with van der Waals surface area (Å²) in [7, 11) is 0. The molecule has 5 rings (SSSR count). The molecule has 5 aliphatic rings. The molecule has 0 radical (unpaired) electrons. The second-order valence-corrected chi connectivity index (χ2v) is 12.3. The molecular weight excluding hydrogens is 408 g/mol. The molecule has 0 aromatic carbocycles. The Morgan fingerprint density at radius 3 is 2.47 bits per heavy atom. The summed E-state index contributed by atoms with van der Waals surface area (Å²) in [6, 6.07) is 0. The number of carbonyl (C=O) groups is 2. The average Bonchev–Trinajstić information content (AvgIpc) is 3.12. The Hall–Kier alpha value is -0.980. The van der Waals surface area contributed by atoms with Gasteiger partial charge in [-0.15, -0.1) is 0 Å². The highest BCUT2D eigenvalue weighted by Gasteiger charge is 2.76. The fraction of sp³-hybridized carbons (Fsp3) is 0.923. The summed E-state index contributed by atoms with van der Waals surface area (Å²) < 4.78 is 18.1. The van der Waals surface area contributed by atoms with Crippen molar-refractivity contribution in [2.24, 2.45) is 34.5 Å². The molecule has 0 bridgehead atoms. The summed E-state index contributed by atoms with van der Waals surface area (Å²) in [4.78, 5) is 25.1. The molecule has 6 nitrogen and oxygen atoms in total. The van der Waals surface area contributed by atoms with Crippen molar-refractivity contribution in [3.05, 3.63) is 0 Å². The van der Waals surface area contributed by atoms with Crippen molar-refractivity contribution in [3.8, 4) is 0 Å². The number of ketones is 1. The zero-order valence-corrected chi connectivity index (χ0v) is 20.3. The molecule has 0 spiro atoms. The van der Waals surface area contributed by atoms with Gasteiger partial charge in [0.2, 0.25) is 5.78 Å². The third-order valence-corrected chi connectivity index (χ3v) is 10.5. The molecule has 4 aliphatic carbocycles. The van der Waals surface area contributed by atoms with Gasteiger partial charge in [0.05, 0.1) is 12.2 Å². The number of fused-ring (bicyclic) bond motifs is 7. The molecule has 5 fully saturated rings. The topological polar surface area (TPSA) is 82.1 Å². The highest BCUT2D eigenvalue weighted by molar-refractivity contribution is 5.92. The van der Waals surface area contributed by atoms with E-state index in [-0.39, 0.29) is 35.4 Å². The molecule has 1 heterocycles. The van der Waals surface area contributed by atoms with Crippen molar-refractivity contribution in [1.29, 1.82) is 0 Å². The molecule has 1 aliphatic heterocycles. The number of rotatable bonds is 3. The van der Waals surface area contributed by atoms with Gasteiger partial charge in [0.1, 0.15) is 0 Å². The van der Waals surface area contributed by atoms with Crippen LogP contribution in [0.25, 0.3) is 0 Å². The van der Waals surface area contributed by atoms with Crippen LogP contribution in [-0.4, -0.2) is 47.1 Å². The number of hydrogen-bond acceptors (Lipinski definition) is 6. The van der Waals surface area contributed by atoms with Gasteiger partial charge in [-0.05, 0) is 94.3 Å². The van der Waals surface area contributed by atoms with Gasteiger partial charge in [-0.2, -0.15) is 0 Å². The van der Waals surface area contributed by atoms with Crippen LogP contribution in [-0.2, 0) is 23.8 Å². The lowest BCUT2D eigenvalue weighted by Crippen LogP contribution is -2.62. The Morgan fingerprint density at radius 2 is 1.75 bits per heavy atom. The minimum Gasteiger partial charge on any atom is -0.458 e. The molecule has 9 atom stereocenters. The van der Waals surface area contributed by atoms with Crippen molar-refractivity contribution in [2.45, 2.75) is 110 Å². The summed E-state index contributed by atoms with van der Waals surface area (Å²) in [5.41, 5.74) is -1.11. The number of hydrogen-bond donors (Lipinski definition) is 1. The van der Waals surface area contributed by atoms with Gasteiger partial charge in [-0.3, -0.25) is 9.59 Å². The van der Waals surface area contributed by atoms with Gasteiger partial charge in [-0.1, -0.05) is 13.8 Å². The third-order valence-electron chi connectivity index (χ3n) is 10.5. The van der Waals surface area contributed by atoms with E-state index in [2.05, 4.69) is 13.8 Å². The first-order chi connectivity index (χ1) is 14.9. The fourth-order valence-corrected chi connectivity index (χ4v) is 9.11. The van der Waals surface area contributed by atoms with Crippen molar-refractivity contribution in [3.63, 3.8) is 0 Å². The van der Waals surface area contributed by atoms with E-state index in [9.17, 15) is 14.7 Å². The number of carbonyl (C=O) groups excluding carboxylic acids is 2. The maximum absolute atomic E-state index is 13.7. The smallest absolute Gasteiger partial charge is 0.303 e. The monoisotopic (exact) mass is 448 g/mol. The summed E-state index contributed by atoms with van der Waals surface area (Å²) in [6.45, 7) is 9.56. The van der Waals surface area contributed by atoms with Crippen molar-refractivity contribution in [2.75, 3.05) is 6.61 Å². The molecule has 180 valence electrons. The van der Waals surface area contributed by atoms with E-state index in [0.717, 1.165) is 51.4 Å². The van der Waals surface area contributed by atoms with Crippen LogP contribution in [0.1, 0.15) is 86.0 Å². The number of Topliss-reactive ketones (excluding diaryl/α,β-unsaturated/α-hetero) is 1. The molecule has 32 heavy (non-hydrogen) atoms. The minimum atomic E-state index is -1.05. The quantitative estimate of drug-likeness (QED) is 0.657. The van der Waals surface area contributed by atoms with Crippen LogP contribution in [0.2, 0.25) is 0 Å². The largest absolute Gasteiger partial charge is 0.458 e. The highest BCUT2D eigenvalue weighted by atomic mass is 16.8. The first-order valence-corrected chi connectivity index (χ1v) is 12.7. The Morgan fingerprint density at radius 1 is 1.00 bits per heavy atom. The van der Waals surface area contributed by atoms with Crippen LogP contribution in [0, 0.1) is 34.5 Å². The average molecular weight is 449 g/mol. The Kier molecular flexibility index (Phi) is 5.17. The van der Waals surface area contributed by atoms with E-state index in [1.54, 1.807) is 0 Å². The van der Waals surface area contributed by atoms with Crippen LogP contribution >= 0.6 is 0 Å². The molecule has 0 aromatic rings. The standard InChI is InChI=1S/C26H40O6/c1-15(27)30-14-21(29)26-22(31-23(2,3)32-26)13-20-18-7-6-16-12-17(28)8-10-24(16,4)19(18)9-11-25(20,26)5/h16-20,22,28H,6-14H2,1-5H3. The van der Waals surface area contributed by atoms with E-state index < -0.39 is 17.4 Å². The van der Waals surface area contributed by atoms with Gasteiger partial charge < -0.3 is 19.3 Å². The second kappa shape index (κ2) is 7.26. The molecule has 6 heteroatoms. The molecule has 1 N–H and O–H groups in total. The summed E-state index contributed by atoms with van der Waals surface area (Å²) in [5, 5.41) is 10.3. The lowest BCUT2D eigenvalue weighted by molar-refractivity contribution is -0.221.